The maximum Gasteiger partial charge on any atom is 0.222 e. The highest BCUT2D eigenvalue weighted by Crippen LogP contribution is 2.12. The summed E-state index contributed by atoms with van der Waals surface area (Å²) in [5.74, 6) is 0.287. The Morgan fingerprint density at radius 3 is 2.37 bits per heavy atom. The summed E-state index contributed by atoms with van der Waals surface area (Å²) >= 11 is 0. The van der Waals surface area contributed by atoms with Gasteiger partial charge in [0, 0.05) is 38.6 Å². The predicted octanol–water partition coefficient (Wildman–Crippen LogP) is 2.17. The van der Waals surface area contributed by atoms with Crippen molar-refractivity contribution in [2.75, 3.05) is 26.2 Å². The fourth-order valence-electron chi connectivity index (χ4n) is 2.72. The molecule has 1 aliphatic rings. The lowest BCUT2D eigenvalue weighted by molar-refractivity contribution is -0.132. The third-order valence-corrected chi connectivity index (χ3v) is 3.97. The fourth-order valence-corrected chi connectivity index (χ4v) is 2.72. The molecule has 1 aliphatic heterocycles. The molecule has 1 aromatic carbocycles. The van der Waals surface area contributed by atoms with E-state index in [1.54, 1.807) is 0 Å². The molecule has 0 saturated carbocycles. The van der Waals surface area contributed by atoms with Crippen molar-refractivity contribution < 1.29 is 4.79 Å². The largest absolute Gasteiger partial charge is 0.340 e. The van der Waals surface area contributed by atoms with Crippen LogP contribution in [0.1, 0.15) is 25.8 Å². The molecule has 1 atom stereocenters. The van der Waals surface area contributed by atoms with Crippen LogP contribution in [0.4, 0.5) is 0 Å². The van der Waals surface area contributed by atoms with Gasteiger partial charge in [0.2, 0.25) is 5.91 Å². The van der Waals surface area contributed by atoms with Gasteiger partial charge in [0.25, 0.3) is 0 Å². The maximum atomic E-state index is 11.6. The third-order valence-electron chi connectivity index (χ3n) is 3.97. The Hall–Kier alpha value is -1.35. The molecule has 19 heavy (non-hydrogen) atoms. The molecule has 0 N–H and O–H groups in total. The summed E-state index contributed by atoms with van der Waals surface area (Å²) in [6.07, 6.45) is 1.71. The monoisotopic (exact) mass is 260 g/mol. The lowest BCUT2D eigenvalue weighted by Crippen LogP contribution is -2.51. The molecule has 1 heterocycles. The predicted molar refractivity (Wildman–Crippen MR) is 78.1 cm³/mol. The van der Waals surface area contributed by atoms with Crippen molar-refractivity contribution in [2.45, 2.75) is 32.7 Å². The average Bonchev–Trinajstić information content (AvgIpc) is 2.47. The molecule has 1 unspecified atom stereocenters. The lowest BCUT2D eigenvalue weighted by Gasteiger charge is -2.38. The second kappa shape index (κ2) is 6.71. The van der Waals surface area contributed by atoms with Crippen LogP contribution in [0.25, 0.3) is 0 Å². The first-order valence-corrected chi connectivity index (χ1v) is 7.26. The molecule has 0 aliphatic carbocycles. The molecule has 1 amide bonds. The number of amides is 1. The minimum atomic E-state index is 0.287. The van der Waals surface area contributed by atoms with E-state index in [1.807, 2.05) is 11.8 Å². The van der Waals surface area contributed by atoms with E-state index in [2.05, 4.69) is 42.2 Å². The molecule has 0 radical (unpaired) electrons. The number of hydrogen-bond donors (Lipinski definition) is 0. The zero-order chi connectivity index (χ0) is 13.7. The van der Waals surface area contributed by atoms with Crippen molar-refractivity contribution in [3.63, 3.8) is 0 Å². The van der Waals surface area contributed by atoms with Gasteiger partial charge in [-0.3, -0.25) is 9.69 Å². The van der Waals surface area contributed by atoms with Crippen LogP contribution < -0.4 is 0 Å². The number of carbonyl (C=O) groups excluding carboxylic acids is 1. The van der Waals surface area contributed by atoms with Crippen LogP contribution in [0.2, 0.25) is 0 Å². The van der Waals surface area contributed by atoms with Crippen LogP contribution in [0, 0.1) is 0 Å². The van der Waals surface area contributed by atoms with E-state index in [-0.39, 0.29) is 5.91 Å². The third kappa shape index (κ3) is 3.80. The Kier molecular flexibility index (Phi) is 4.97. The van der Waals surface area contributed by atoms with Gasteiger partial charge < -0.3 is 4.90 Å². The summed E-state index contributed by atoms with van der Waals surface area (Å²) < 4.78 is 0. The van der Waals surface area contributed by atoms with Gasteiger partial charge in [-0.05, 0) is 18.9 Å². The van der Waals surface area contributed by atoms with Crippen molar-refractivity contribution in [2.24, 2.45) is 0 Å². The molecule has 1 saturated heterocycles. The number of carbonyl (C=O) groups is 1. The van der Waals surface area contributed by atoms with Crippen LogP contribution in [0.5, 0.6) is 0 Å². The van der Waals surface area contributed by atoms with Gasteiger partial charge in [0.15, 0.2) is 0 Å². The molecule has 0 bridgehead atoms. The molecule has 1 fully saturated rings. The first kappa shape index (κ1) is 14.1. The maximum absolute atomic E-state index is 11.6. The molecule has 1 aromatic rings. The van der Waals surface area contributed by atoms with E-state index < -0.39 is 0 Å². The minimum Gasteiger partial charge on any atom is -0.340 e. The molecule has 2 rings (SSSR count). The number of piperazine rings is 1. The first-order chi connectivity index (χ1) is 9.20. The van der Waals surface area contributed by atoms with E-state index in [0.717, 1.165) is 32.6 Å². The molecule has 3 nitrogen and oxygen atoms in total. The number of nitrogens with zero attached hydrogens (tertiary/aromatic N) is 2. The van der Waals surface area contributed by atoms with Gasteiger partial charge in [-0.25, -0.2) is 0 Å². The number of hydrogen-bond acceptors (Lipinski definition) is 2. The fraction of sp³-hybridized carbons (Fsp3) is 0.562. The van der Waals surface area contributed by atoms with Gasteiger partial charge in [-0.1, -0.05) is 37.3 Å². The Morgan fingerprint density at radius 2 is 1.79 bits per heavy atom. The van der Waals surface area contributed by atoms with Crippen molar-refractivity contribution in [1.29, 1.82) is 0 Å². The first-order valence-electron chi connectivity index (χ1n) is 7.26. The highest BCUT2D eigenvalue weighted by molar-refractivity contribution is 5.75. The molecular weight excluding hydrogens is 236 g/mol. The normalized spacial score (nSPS) is 18.3. The highest BCUT2D eigenvalue weighted by Gasteiger charge is 2.23. The number of benzene rings is 1. The molecule has 104 valence electrons. The molecular formula is C16H24N2O. The SMILES string of the molecule is CCC(=O)N1CCN(C(C)Cc2ccccc2)CC1. The van der Waals surface area contributed by atoms with Crippen LogP contribution in [0.15, 0.2) is 30.3 Å². The Balaban J connectivity index is 1.82. The Bertz CT molecular complexity index is 396. The van der Waals surface area contributed by atoms with Crippen LogP contribution >= 0.6 is 0 Å². The number of rotatable bonds is 4. The average molecular weight is 260 g/mol. The van der Waals surface area contributed by atoms with E-state index in [4.69, 9.17) is 0 Å². The lowest BCUT2D eigenvalue weighted by atomic mass is 10.1. The Morgan fingerprint density at radius 1 is 1.16 bits per heavy atom. The quantitative estimate of drug-likeness (QED) is 0.828. The highest BCUT2D eigenvalue weighted by atomic mass is 16.2. The zero-order valence-corrected chi connectivity index (χ0v) is 12.0. The van der Waals surface area contributed by atoms with E-state index in [1.165, 1.54) is 5.56 Å². The van der Waals surface area contributed by atoms with Gasteiger partial charge >= 0.3 is 0 Å². The van der Waals surface area contributed by atoms with Crippen LogP contribution in [0.3, 0.4) is 0 Å². The topological polar surface area (TPSA) is 23.6 Å². The van der Waals surface area contributed by atoms with E-state index >= 15 is 0 Å². The van der Waals surface area contributed by atoms with Crippen molar-refractivity contribution in [1.82, 2.24) is 9.80 Å². The molecule has 0 aromatic heterocycles. The second-order valence-corrected chi connectivity index (χ2v) is 5.31. The van der Waals surface area contributed by atoms with Crippen molar-refractivity contribution >= 4 is 5.91 Å². The summed E-state index contributed by atoms with van der Waals surface area (Å²) in [7, 11) is 0. The van der Waals surface area contributed by atoms with Gasteiger partial charge in [0.05, 0.1) is 0 Å². The smallest absolute Gasteiger partial charge is 0.222 e. The summed E-state index contributed by atoms with van der Waals surface area (Å²) in [6.45, 7) is 7.98. The van der Waals surface area contributed by atoms with Gasteiger partial charge in [0.1, 0.15) is 0 Å². The van der Waals surface area contributed by atoms with Crippen molar-refractivity contribution in [3.8, 4) is 0 Å². The summed E-state index contributed by atoms with van der Waals surface area (Å²) in [5, 5.41) is 0. The van der Waals surface area contributed by atoms with Gasteiger partial charge in [-0.2, -0.15) is 0 Å². The van der Waals surface area contributed by atoms with Crippen LogP contribution in [-0.2, 0) is 11.2 Å². The minimum absolute atomic E-state index is 0.287. The summed E-state index contributed by atoms with van der Waals surface area (Å²) in [6, 6.07) is 11.2. The van der Waals surface area contributed by atoms with E-state index in [9.17, 15) is 4.79 Å². The zero-order valence-electron chi connectivity index (χ0n) is 12.0. The Labute approximate surface area is 116 Å². The molecule has 3 heteroatoms. The second-order valence-electron chi connectivity index (χ2n) is 5.31. The summed E-state index contributed by atoms with van der Waals surface area (Å²) in [5.41, 5.74) is 1.39. The van der Waals surface area contributed by atoms with Gasteiger partial charge in [-0.15, -0.1) is 0 Å². The van der Waals surface area contributed by atoms with Crippen LogP contribution in [-0.4, -0.2) is 47.9 Å². The standard InChI is InChI=1S/C16H24N2O/c1-3-16(19)18-11-9-17(10-12-18)14(2)13-15-7-5-4-6-8-15/h4-8,14H,3,9-13H2,1-2H3. The summed E-state index contributed by atoms with van der Waals surface area (Å²) in [4.78, 5) is 16.1. The van der Waals surface area contributed by atoms with E-state index in [0.29, 0.717) is 12.5 Å². The molecule has 0 spiro atoms. The van der Waals surface area contributed by atoms with Crippen molar-refractivity contribution in [3.05, 3.63) is 35.9 Å².